The summed E-state index contributed by atoms with van der Waals surface area (Å²) in [6.07, 6.45) is 2.14. The molecule has 5 heteroatoms. The van der Waals surface area contributed by atoms with Crippen LogP contribution in [0.25, 0.3) is 22.0 Å². The molecule has 0 amide bonds. The van der Waals surface area contributed by atoms with E-state index in [0.29, 0.717) is 0 Å². The van der Waals surface area contributed by atoms with Gasteiger partial charge >= 0.3 is 5.97 Å². The number of ether oxygens (including phenoxy) is 1. The van der Waals surface area contributed by atoms with Crippen LogP contribution < -0.4 is 0 Å². The number of benzene rings is 3. The minimum absolute atomic E-state index is 0.221. The molecule has 1 unspecified atom stereocenters. The molecule has 0 saturated carbocycles. The van der Waals surface area contributed by atoms with Crippen LogP contribution in [0.1, 0.15) is 5.56 Å². The normalized spacial score (nSPS) is 12.0. The predicted molar refractivity (Wildman–Crippen MR) is 111 cm³/mol. The zero-order valence-electron chi connectivity index (χ0n) is 15.4. The van der Waals surface area contributed by atoms with Crippen molar-refractivity contribution in [3.63, 3.8) is 0 Å². The van der Waals surface area contributed by atoms with Crippen LogP contribution in [-0.4, -0.2) is 21.3 Å². The third kappa shape index (κ3) is 3.49. The summed E-state index contributed by atoms with van der Waals surface area (Å²) in [7, 11) is 0.0400. The lowest BCUT2D eigenvalue weighted by Gasteiger charge is -2.05. The minimum Gasteiger partial charge on any atom is -0.469 e. The second-order valence-corrected chi connectivity index (χ2v) is 7.76. The van der Waals surface area contributed by atoms with E-state index in [1.54, 1.807) is 3.97 Å². The summed E-state index contributed by atoms with van der Waals surface area (Å²) >= 11 is 0. The maximum atomic E-state index is 13.2. The van der Waals surface area contributed by atoms with E-state index in [0.717, 1.165) is 32.5 Å². The summed E-state index contributed by atoms with van der Waals surface area (Å²) in [4.78, 5) is 12.4. The van der Waals surface area contributed by atoms with E-state index in [1.165, 1.54) is 7.11 Å². The van der Waals surface area contributed by atoms with Crippen LogP contribution in [0.15, 0.2) is 90.0 Å². The van der Waals surface area contributed by atoms with Crippen molar-refractivity contribution in [3.05, 3.63) is 90.6 Å². The van der Waals surface area contributed by atoms with Crippen LogP contribution in [0.2, 0.25) is 0 Å². The van der Waals surface area contributed by atoms with Crippen LogP contribution in [0.3, 0.4) is 0 Å². The highest BCUT2D eigenvalue weighted by atomic mass is 32.2. The van der Waals surface area contributed by atoms with Gasteiger partial charge in [0, 0.05) is 17.1 Å². The first-order valence-electron chi connectivity index (χ1n) is 8.91. The number of rotatable bonds is 5. The number of nitrogens with zero attached hydrogens (tertiary/aromatic N) is 1. The number of hydrogen-bond donors (Lipinski definition) is 0. The maximum Gasteiger partial charge on any atom is 0.309 e. The molecule has 0 bridgehead atoms. The first kappa shape index (κ1) is 18.2. The fourth-order valence-corrected chi connectivity index (χ4v) is 4.41. The Bertz CT molecular complexity index is 1160. The summed E-state index contributed by atoms with van der Waals surface area (Å²) in [6, 6.07) is 25.1. The van der Waals surface area contributed by atoms with E-state index in [4.69, 9.17) is 4.74 Å². The van der Waals surface area contributed by atoms with Gasteiger partial charge in [0.05, 0.1) is 23.9 Å². The van der Waals surface area contributed by atoms with Gasteiger partial charge in [0.2, 0.25) is 0 Å². The number of carbonyl (C=O) groups excluding carboxylic acids is 1. The van der Waals surface area contributed by atoms with Crippen LogP contribution in [0.4, 0.5) is 0 Å². The first-order valence-corrected chi connectivity index (χ1v) is 10.0. The van der Waals surface area contributed by atoms with E-state index in [-0.39, 0.29) is 12.4 Å². The lowest BCUT2D eigenvalue weighted by Crippen LogP contribution is -2.04. The highest BCUT2D eigenvalue weighted by Crippen LogP contribution is 2.32. The molecule has 0 fully saturated rings. The van der Waals surface area contributed by atoms with Crippen LogP contribution in [0.5, 0.6) is 0 Å². The Balaban J connectivity index is 1.82. The van der Waals surface area contributed by atoms with Crippen LogP contribution >= 0.6 is 0 Å². The number of methoxy groups -OCH3 is 1. The third-order valence-electron chi connectivity index (χ3n) is 4.62. The maximum absolute atomic E-state index is 13.2. The van der Waals surface area contributed by atoms with Gasteiger partial charge in [-0.05, 0) is 29.3 Å². The van der Waals surface area contributed by atoms with Crippen molar-refractivity contribution >= 4 is 27.9 Å². The zero-order valence-corrected chi connectivity index (χ0v) is 16.2. The Hall–Kier alpha value is -3.18. The van der Waals surface area contributed by atoms with Crippen LogP contribution in [-0.2, 0) is 26.9 Å². The summed E-state index contributed by atoms with van der Waals surface area (Å²) in [6.45, 7) is 0. The van der Waals surface area contributed by atoms with Gasteiger partial charge in [-0.3, -0.25) is 8.77 Å². The molecule has 4 aromatic rings. The molecule has 4 rings (SSSR count). The molecule has 0 N–H and O–H groups in total. The van der Waals surface area contributed by atoms with Gasteiger partial charge in [-0.25, -0.2) is 4.21 Å². The van der Waals surface area contributed by atoms with Gasteiger partial charge in [-0.15, -0.1) is 0 Å². The van der Waals surface area contributed by atoms with Gasteiger partial charge in [0.25, 0.3) is 0 Å². The lowest BCUT2D eigenvalue weighted by atomic mass is 10.0. The van der Waals surface area contributed by atoms with Crippen LogP contribution in [0, 0.1) is 0 Å². The number of hydrogen-bond acceptors (Lipinski definition) is 3. The van der Waals surface area contributed by atoms with Crippen molar-refractivity contribution < 1.29 is 13.7 Å². The van der Waals surface area contributed by atoms with Crippen molar-refractivity contribution in [1.29, 1.82) is 0 Å². The van der Waals surface area contributed by atoms with Gasteiger partial charge in [-0.1, -0.05) is 60.7 Å². The second kappa shape index (κ2) is 7.82. The zero-order chi connectivity index (χ0) is 19.5. The van der Waals surface area contributed by atoms with E-state index in [2.05, 4.69) is 0 Å². The summed E-state index contributed by atoms with van der Waals surface area (Å²) in [5, 5.41) is 1.02. The monoisotopic (exact) mass is 389 g/mol. The third-order valence-corrected chi connectivity index (χ3v) is 5.95. The van der Waals surface area contributed by atoms with Gasteiger partial charge in [-0.2, -0.15) is 0 Å². The molecule has 0 aliphatic heterocycles. The SMILES string of the molecule is COC(=O)Cc1cccc(-c2cn(S(=O)c3ccccc3)c3ccccc23)c1. The molecule has 28 heavy (non-hydrogen) atoms. The highest BCUT2D eigenvalue weighted by Gasteiger charge is 2.15. The molecular formula is C23H19NO3S. The number of aromatic nitrogens is 1. The lowest BCUT2D eigenvalue weighted by molar-refractivity contribution is -0.139. The van der Waals surface area contributed by atoms with E-state index in [1.807, 2.05) is 85.1 Å². The van der Waals surface area contributed by atoms with E-state index >= 15 is 0 Å². The van der Waals surface area contributed by atoms with Crippen molar-refractivity contribution in [2.75, 3.05) is 7.11 Å². The minimum atomic E-state index is -1.35. The average Bonchev–Trinajstić information content (AvgIpc) is 3.14. The van der Waals surface area contributed by atoms with E-state index in [9.17, 15) is 9.00 Å². The Kier molecular flexibility index (Phi) is 5.08. The largest absolute Gasteiger partial charge is 0.469 e. The molecule has 0 aliphatic rings. The smallest absolute Gasteiger partial charge is 0.309 e. The Morgan fingerprint density at radius 2 is 1.71 bits per heavy atom. The average molecular weight is 389 g/mol. The molecular weight excluding hydrogens is 370 g/mol. The molecule has 0 saturated heterocycles. The van der Waals surface area contributed by atoms with Crippen molar-refractivity contribution in [2.45, 2.75) is 11.3 Å². The molecule has 140 valence electrons. The molecule has 1 heterocycles. The number of para-hydroxylation sites is 1. The quantitative estimate of drug-likeness (QED) is 0.469. The number of carbonyl (C=O) groups is 1. The Labute approximate surface area is 166 Å². The molecule has 0 radical (unpaired) electrons. The molecule has 0 aliphatic carbocycles. The fourth-order valence-electron chi connectivity index (χ4n) is 3.26. The number of fused-ring (bicyclic) bond motifs is 1. The summed E-state index contributed by atoms with van der Waals surface area (Å²) in [5.41, 5.74) is 3.73. The molecule has 4 nitrogen and oxygen atoms in total. The van der Waals surface area contributed by atoms with Gasteiger partial charge < -0.3 is 4.74 Å². The second-order valence-electron chi connectivity index (χ2n) is 6.40. The van der Waals surface area contributed by atoms with Crippen molar-refractivity contribution in [3.8, 4) is 11.1 Å². The van der Waals surface area contributed by atoms with Crippen molar-refractivity contribution in [1.82, 2.24) is 3.97 Å². The molecule has 1 aromatic heterocycles. The van der Waals surface area contributed by atoms with Crippen molar-refractivity contribution in [2.24, 2.45) is 0 Å². The molecule has 1 atom stereocenters. The topological polar surface area (TPSA) is 48.3 Å². The summed E-state index contributed by atoms with van der Waals surface area (Å²) < 4.78 is 19.7. The summed E-state index contributed by atoms with van der Waals surface area (Å²) in [5.74, 6) is -0.273. The first-order chi connectivity index (χ1) is 13.7. The number of esters is 1. The standard InChI is InChI=1S/C23H19NO3S/c1-27-23(25)15-17-8-7-9-18(14-17)21-16-24(22-13-6-5-12-20(21)22)28(26)19-10-3-2-4-11-19/h2-14,16H,15H2,1H3. The predicted octanol–water partition coefficient (Wildman–Crippen LogP) is 4.59. The molecule has 0 spiro atoms. The van der Waals surface area contributed by atoms with E-state index < -0.39 is 11.0 Å². The highest BCUT2D eigenvalue weighted by molar-refractivity contribution is 7.83. The van der Waals surface area contributed by atoms with Gasteiger partial charge in [0.15, 0.2) is 11.0 Å². The molecule has 3 aromatic carbocycles. The fraction of sp³-hybridized carbons (Fsp3) is 0.0870. The van der Waals surface area contributed by atoms with Gasteiger partial charge in [0.1, 0.15) is 0 Å². The Morgan fingerprint density at radius 3 is 2.50 bits per heavy atom. The Morgan fingerprint density at radius 1 is 0.964 bits per heavy atom.